The molecule has 0 aliphatic rings. The number of thioether (sulfide) groups is 1. The van der Waals surface area contributed by atoms with Crippen molar-refractivity contribution < 1.29 is 14.3 Å². The summed E-state index contributed by atoms with van der Waals surface area (Å²) in [5, 5.41) is 8.15. The van der Waals surface area contributed by atoms with Gasteiger partial charge in [0.15, 0.2) is 0 Å². The molecule has 0 amide bonds. The Balaban J connectivity index is 3.31. The van der Waals surface area contributed by atoms with E-state index in [2.05, 4.69) is 0 Å². The zero-order valence-corrected chi connectivity index (χ0v) is 7.53. The van der Waals surface area contributed by atoms with Gasteiger partial charge in [0.05, 0.1) is 0 Å². The van der Waals surface area contributed by atoms with E-state index in [4.69, 9.17) is 5.11 Å². The monoisotopic (exact) mass is 180 g/mol. The number of hydrogen-bond donors (Lipinski definition) is 1. The van der Waals surface area contributed by atoms with Gasteiger partial charge in [0.2, 0.25) is 5.50 Å². The van der Waals surface area contributed by atoms with E-state index < -0.39 is 11.5 Å². The molecular formula is C7H13FO2S. The molecule has 1 unspecified atom stereocenters. The van der Waals surface area contributed by atoms with Gasteiger partial charge in [-0.05, 0) is 18.1 Å². The van der Waals surface area contributed by atoms with Crippen LogP contribution in [0.2, 0.25) is 0 Å². The Kier molecular flexibility index (Phi) is 5.28. The molecule has 1 atom stereocenters. The van der Waals surface area contributed by atoms with E-state index in [1.54, 1.807) is 0 Å². The number of halogens is 1. The van der Waals surface area contributed by atoms with Crippen molar-refractivity contribution in [2.45, 2.75) is 25.8 Å². The van der Waals surface area contributed by atoms with Gasteiger partial charge < -0.3 is 5.11 Å². The molecule has 66 valence electrons. The minimum absolute atomic E-state index is 0.503. The number of carbonyl (C=O) groups is 1. The highest BCUT2D eigenvalue weighted by Crippen LogP contribution is 2.15. The van der Waals surface area contributed by atoms with Crippen molar-refractivity contribution in [3.05, 3.63) is 0 Å². The van der Waals surface area contributed by atoms with E-state index in [1.165, 1.54) is 0 Å². The highest BCUT2D eigenvalue weighted by atomic mass is 32.2. The van der Waals surface area contributed by atoms with Crippen LogP contribution in [-0.2, 0) is 4.79 Å². The van der Waals surface area contributed by atoms with Gasteiger partial charge in [-0.2, -0.15) is 0 Å². The van der Waals surface area contributed by atoms with E-state index in [0.717, 1.165) is 18.2 Å². The molecule has 0 saturated carbocycles. The molecular weight excluding hydrogens is 167 g/mol. The first-order valence-corrected chi connectivity index (χ1v) is 4.57. The molecule has 2 nitrogen and oxygen atoms in total. The van der Waals surface area contributed by atoms with Crippen molar-refractivity contribution in [3.8, 4) is 0 Å². The molecule has 1 N–H and O–H groups in total. The molecule has 11 heavy (non-hydrogen) atoms. The van der Waals surface area contributed by atoms with Gasteiger partial charge in [-0.25, -0.2) is 9.18 Å². The lowest BCUT2D eigenvalue weighted by atomic mass is 10.2. The third-order valence-corrected chi connectivity index (χ3v) is 2.12. The van der Waals surface area contributed by atoms with Crippen LogP contribution in [-0.4, -0.2) is 22.3 Å². The minimum atomic E-state index is -1.76. The first kappa shape index (κ1) is 10.8. The van der Waals surface area contributed by atoms with Crippen molar-refractivity contribution in [1.29, 1.82) is 0 Å². The van der Waals surface area contributed by atoms with E-state index in [1.807, 2.05) is 13.8 Å². The molecule has 0 aromatic heterocycles. The van der Waals surface area contributed by atoms with Crippen molar-refractivity contribution in [2.75, 3.05) is 5.75 Å². The van der Waals surface area contributed by atoms with Crippen LogP contribution in [0.4, 0.5) is 4.39 Å². The molecule has 0 bridgehead atoms. The molecule has 0 rings (SSSR count). The van der Waals surface area contributed by atoms with Crippen LogP contribution in [0.25, 0.3) is 0 Å². The Morgan fingerprint density at radius 3 is 2.55 bits per heavy atom. The van der Waals surface area contributed by atoms with E-state index in [9.17, 15) is 9.18 Å². The molecule has 0 aliphatic carbocycles. The third kappa shape index (κ3) is 6.16. The summed E-state index contributed by atoms with van der Waals surface area (Å²) in [7, 11) is 0. The summed E-state index contributed by atoms with van der Waals surface area (Å²) in [5.74, 6) is -0.298. The molecule has 0 fully saturated rings. The number of alkyl halides is 1. The normalized spacial score (nSPS) is 13.5. The van der Waals surface area contributed by atoms with Gasteiger partial charge in [-0.1, -0.05) is 13.8 Å². The smallest absolute Gasteiger partial charge is 0.348 e. The second-order valence-corrected chi connectivity index (χ2v) is 3.86. The van der Waals surface area contributed by atoms with Crippen molar-refractivity contribution in [3.63, 3.8) is 0 Å². The van der Waals surface area contributed by atoms with Gasteiger partial charge >= 0.3 is 5.97 Å². The van der Waals surface area contributed by atoms with Crippen LogP contribution < -0.4 is 0 Å². The Morgan fingerprint density at radius 1 is 1.64 bits per heavy atom. The fraction of sp³-hybridized carbons (Fsp3) is 0.857. The van der Waals surface area contributed by atoms with Crippen molar-refractivity contribution >= 4 is 17.7 Å². The van der Waals surface area contributed by atoms with Gasteiger partial charge in [0, 0.05) is 0 Å². The van der Waals surface area contributed by atoms with Crippen LogP contribution >= 0.6 is 11.8 Å². The molecule has 0 heterocycles. The number of carboxylic acids is 1. The van der Waals surface area contributed by atoms with Crippen LogP contribution in [0.5, 0.6) is 0 Å². The Bertz CT molecular complexity index is 128. The quantitative estimate of drug-likeness (QED) is 0.704. The van der Waals surface area contributed by atoms with Gasteiger partial charge in [0.25, 0.3) is 0 Å². The predicted molar refractivity (Wildman–Crippen MR) is 44.4 cm³/mol. The van der Waals surface area contributed by atoms with Crippen molar-refractivity contribution in [1.82, 2.24) is 0 Å². The molecule has 0 aromatic rings. The molecule has 0 aliphatic heterocycles. The average Bonchev–Trinajstić information content (AvgIpc) is 1.86. The van der Waals surface area contributed by atoms with Crippen molar-refractivity contribution in [2.24, 2.45) is 5.92 Å². The molecule has 0 radical (unpaired) electrons. The maximum atomic E-state index is 12.3. The second-order valence-electron chi connectivity index (χ2n) is 2.71. The lowest BCUT2D eigenvalue weighted by molar-refractivity contribution is -0.139. The summed E-state index contributed by atoms with van der Waals surface area (Å²) in [6.45, 7) is 4.04. The van der Waals surface area contributed by atoms with E-state index >= 15 is 0 Å². The van der Waals surface area contributed by atoms with E-state index in [0.29, 0.717) is 11.7 Å². The fourth-order valence-corrected chi connectivity index (χ4v) is 1.44. The fourth-order valence-electron chi connectivity index (χ4n) is 0.479. The molecule has 0 aromatic carbocycles. The number of aliphatic carboxylic acids is 1. The first-order chi connectivity index (χ1) is 5.04. The largest absolute Gasteiger partial charge is 0.478 e. The summed E-state index contributed by atoms with van der Waals surface area (Å²) in [6, 6.07) is 0. The summed E-state index contributed by atoms with van der Waals surface area (Å²) in [4.78, 5) is 9.98. The standard InChI is InChI=1S/C7H13FO2S/c1-5(2)3-4-11-6(8)7(9)10/h5-6H,3-4H2,1-2H3,(H,9,10). The number of carboxylic acid groups (broad SMARTS) is 1. The first-order valence-electron chi connectivity index (χ1n) is 3.52. The van der Waals surface area contributed by atoms with Gasteiger partial charge in [0.1, 0.15) is 0 Å². The highest BCUT2D eigenvalue weighted by Gasteiger charge is 2.15. The molecule has 4 heteroatoms. The predicted octanol–water partition coefficient (Wildman–Crippen LogP) is 2.15. The van der Waals surface area contributed by atoms with Gasteiger partial charge in [-0.15, -0.1) is 11.8 Å². The summed E-state index contributed by atoms with van der Waals surface area (Å²) >= 11 is 0.847. The highest BCUT2D eigenvalue weighted by molar-refractivity contribution is 8.00. The van der Waals surface area contributed by atoms with E-state index in [-0.39, 0.29) is 0 Å². The lowest BCUT2D eigenvalue weighted by Crippen LogP contribution is -2.10. The second kappa shape index (κ2) is 5.41. The van der Waals surface area contributed by atoms with Crippen LogP contribution in [0.15, 0.2) is 0 Å². The summed E-state index contributed by atoms with van der Waals surface area (Å²) in [5.41, 5.74) is -1.76. The Labute approximate surface area is 70.2 Å². The number of rotatable bonds is 5. The zero-order valence-electron chi connectivity index (χ0n) is 6.71. The SMILES string of the molecule is CC(C)CCSC(F)C(=O)O. The minimum Gasteiger partial charge on any atom is -0.478 e. The van der Waals surface area contributed by atoms with Crippen LogP contribution in [0, 0.1) is 5.92 Å². The third-order valence-electron chi connectivity index (χ3n) is 1.15. The van der Waals surface area contributed by atoms with Gasteiger partial charge in [-0.3, -0.25) is 0 Å². The maximum absolute atomic E-state index is 12.3. The van der Waals surface area contributed by atoms with Crippen LogP contribution in [0.1, 0.15) is 20.3 Å². The summed E-state index contributed by atoms with van der Waals surface area (Å²) < 4.78 is 12.3. The Hall–Kier alpha value is -0.250. The molecule has 0 saturated heterocycles. The van der Waals surface area contributed by atoms with Crippen LogP contribution in [0.3, 0.4) is 0 Å². The Morgan fingerprint density at radius 2 is 2.18 bits per heavy atom. The lowest BCUT2D eigenvalue weighted by Gasteiger charge is -2.04. The number of hydrogen-bond acceptors (Lipinski definition) is 2. The molecule has 0 spiro atoms. The topological polar surface area (TPSA) is 37.3 Å². The zero-order chi connectivity index (χ0) is 8.85. The average molecular weight is 180 g/mol. The summed E-state index contributed by atoms with van der Waals surface area (Å²) in [6.07, 6.45) is 0.859. The maximum Gasteiger partial charge on any atom is 0.348 e.